The molecule has 0 radical (unpaired) electrons. The van der Waals surface area contributed by atoms with Crippen LogP contribution in [-0.2, 0) is 0 Å². The van der Waals surface area contributed by atoms with E-state index in [2.05, 4.69) is 20.2 Å². The Morgan fingerprint density at radius 1 is 1.21 bits per heavy atom. The van der Waals surface area contributed by atoms with Gasteiger partial charge >= 0.3 is 0 Å². The maximum atomic E-state index is 12.9. The van der Waals surface area contributed by atoms with Crippen molar-refractivity contribution in [2.45, 2.75) is 56.9 Å². The molecule has 1 saturated carbocycles. The number of nitrogens with one attached hydrogen (secondary N) is 1. The standard InChI is InChI=1S/C20H28N6OS/c21-14-7-4-10-26(12-14)16-8-9-23-11-15(16)24-19(27)17-18(22)28-20(25-17)13-5-2-1-3-6-13/h8-9,11,13-14H,1-7,10,12,21-22H2,(H,24,27)/t14-/m0/s1. The minimum atomic E-state index is -0.272. The van der Waals surface area contributed by atoms with Gasteiger partial charge in [-0.25, -0.2) is 4.98 Å². The molecule has 0 aromatic carbocycles. The summed E-state index contributed by atoms with van der Waals surface area (Å²) in [7, 11) is 0. The van der Waals surface area contributed by atoms with Crippen molar-refractivity contribution in [3.05, 3.63) is 29.2 Å². The molecule has 2 aromatic heterocycles. The van der Waals surface area contributed by atoms with Crippen LogP contribution < -0.4 is 21.7 Å². The van der Waals surface area contributed by atoms with Crippen LogP contribution in [-0.4, -0.2) is 35.0 Å². The van der Waals surface area contributed by atoms with Crippen LogP contribution in [0.3, 0.4) is 0 Å². The number of hydrogen-bond donors (Lipinski definition) is 3. The van der Waals surface area contributed by atoms with E-state index in [-0.39, 0.29) is 11.9 Å². The van der Waals surface area contributed by atoms with E-state index < -0.39 is 0 Å². The Morgan fingerprint density at radius 3 is 2.82 bits per heavy atom. The van der Waals surface area contributed by atoms with E-state index in [0.717, 1.165) is 49.5 Å². The monoisotopic (exact) mass is 400 g/mol. The topological polar surface area (TPSA) is 110 Å². The lowest BCUT2D eigenvalue weighted by molar-refractivity contribution is 0.102. The van der Waals surface area contributed by atoms with Crippen molar-refractivity contribution in [2.24, 2.45) is 5.73 Å². The average molecular weight is 401 g/mol. The molecule has 1 amide bonds. The Morgan fingerprint density at radius 2 is 2.04 bits per heavy atom. The highest BCUT2D eigenvalue weighted by Crippen LogP contribution is 2.37. The number of piperidine rings is 1. The van der Waals surface area contributed by atoms with Gasteiger partial charge in [0, 0.05) is 31.2 Å². The Labute approximate surface area is 169 Å². The van der Waals surface area contributed by atoms with E-state index in [9.17, 15) is 4.79 Å². The van der Waals surface area contributed by atoms with Crippen molar-refractivity contribution in [1.82, 2.24) is 9.97 Å². The van der Waals surface area contributed by atoms with Crippen LogP contribution in [0.5, 0.6) is 0 Å². The van der Waals surface area contributed by atoms with Crippen molar-refractivity contribution in [3.63, 3.8) is 0 Å². The number of carbonyl (C=O) groups is 1. The largest absolute Gasteiger partial charge is 0.389 e. The first-order valence-corrected chi connectivity index (χ1v) is 11.0. The Hall–Kier alpha value is -2.19. The SMILES string of the molecule is Nc1sc(C2CCCCC2)nc1C(=O)Nc1cnccc1N1CCC[C@H](N)C1. The van der Waals surface area contributed by atoms with Gasteiger partial charge in [-0.15, -0.1) is 11.3 Å². The second-order valence-corrected chi connectivity index (χ2v) is 8.86. The van der Waals surface area contributed by atoms with E-state index >= 15 is 0 Å². The number of nitrogen functional groups attached to an aromatic ring is 1. The Bertz CT molecular complexity index is 832. The number of carbonyl (C=O) groups excluding carboxylic acids is 1. The van der Waals surface area contributed by atoms with Crippen LogP contribution in [0.2, 0.25) is 0 Å². The van der Waals surface area contributed by atoms with E-state index in [1.54, 1.807) is 12.4 Å². The molecular weight excluding hydrogens is 372 g/mol. The summed E-state index contributed by atoms with van der Waals surface area (Å²) < 4.78 is 0. The fourth-order valence-corrected chi connectivity index (χ4v) is 5.21. The lowest BCUT2D eigenvalue weighted by atomic mass is 9.90. The average Bonchev–Trinajstić information content (AvgIpc) is 3.11. The van der Waals surface area contributed by atoms with Gasteiger partial charge < -0.3 is 21.7 Å². The van der Waals surface area contributed by atoms with Crippen molar-refractivity contribution < 1.29 is 4.79 Å². The normalized spacial score (nSPS) is 20.9. The fraction of sp³-hybridized carbons (Fsp3) is 0.550. The summed E-state index contributed by atoms with van der Waals surface area (Å²) in [5.74, 6) is 0.165. The summed E-state index contributed by atoms with van der Waals surface area (Å²) in [4.78, 5) is 23.9. The van der Waals surface area contributed by atoms with Crippen LogP contribution in [0.25, 0.3) is 0 Å². The van der Waals surface area contributed by atoms with Gasteiger partial charge in [-0.05, 0) is 31.7 Å². The Kier molecular flexibility index (Phi) is 5.77. The first kappa shape index (κ1) is 19.1. The maximum absolute atomic E-state index is 12.9. The van der Waals surface area contributed by atoms with Crippen LogP contribution in [0, 0.1) is 0 Å². The number of anilines is 3. The fourth-order valence-electron chi connectivity index (χ4n) is 4.21. The molecule has 1 atom stereocenters. The molecule has 150 valence electrons. The lowest BCUT2D eigenvalue weighted by Crippen LogP contribution is -2.43. The minimum Gasteiger partial charge on any atom is -0.389 e. The molecule has 2 aromatic rings. The van der Waals surface area contributed by atoms with Crippen molar-refractivity contribution in [1.29, 1.82) is 0 Å². The number of amides is 1. The van der Waals surface area contributed by atoms with Gasteiger partial charge in [0.05, 0.1) is 22.6 Å². The summed E-state index contributed by atoms with van der Waals surface area (Å²) in [5.41, 5.74) is 14.2. The third-order valence-electron chi connectivity index (χ3n) is 5.68. The van der Waals surface area contributed by atoms with Gasteiger partial charge in [-0.1, -0.05) is 19.3 Å². The molecule has 28 heavy (non-hydrogen) atoms. The molecule has 5 N–H and O–H groups in total. The van der Waals surface area contributed by atoms with E-state index in [0.29, 0.717) is 22.3 Å². The van der Waals surface area contributed by atoms with E-state index in [4.69, 9.17) is 11.5 Å². The smallest absolute Gasteiger partial charge is 0.277 e. The summed E-state index contributed by atoms with van der Waals surface area (Å²) in [5, 5.41) is 4.46. The van der Waals surface area contributed by atoms with Crippen molar-refractivity contribution in [2.75, 3.05) is 29.0 Å². The molecule has 1 aliphatic carbocycles. The van der Waals surface area contributed by atoms with Crippen LogP contribution in [0.15, 0.2) is 18.5 Å². The van der Waals surface area contributed by atoms with Crippen LogP contribution >= 0.6 is 11.3 Å². The molecule has 8 heteroatoms. The van der Waals surface area contributed by atoms with Gasteiger partial charge in [-0.2, -0.15) is 0 Å². The van der Waals surface area contributed by atoms with Gasteiger partial charge in [-0.3, -0.25) is 9.78 Å². The first-order chi connectivity index (χ1) is 13.6. The highest BCUT2D eigenvalue weighted by Gasteiger charge is 2.25. The molecule has 0 unspecified atom stereocenters. The second-order valence-electron chi connectivity index (χ2n) is 7.80. The van der Waals surface area contributed by atoms with Gasteiger partial charge in [0.1, 0.15) is 5.00 Å². The van der Waals surface area contributed by atoms with Crippen LogP contribution in [0.4, 0.5) is 16.4 Å². The number of nitrogens with two attached hydrogens (primary N) is 2. The molecule has 4 rings (SSSR count). The highest BCUT2D eigenvalue weighted by molar-refractivity contribution is 7.16. The first-order valence-electron chi connectivity index (χ1n) is 10.1. The molecule has 0 bridgehead atoms. The minimum absolute atomic E-state index is 0.151. The summed E-state index contributed by atoms with van der Waals surface area (Å²) in [6, 6.07) is 2.07. The molecule has 2 fully saturated rings. The molecular formula is C20H28N6OS. The summed E-state index contributed by atoms with van der Waals surface area (Å²) in [6.07, 6.45) is 11.5. The second kappa shape index (κ2) is 8.45. The zero-order valence-corrected chi connectivity index (χ0v) is 16.9. The molecule has 7 nitrogen and oxygen atoms in total. The zero-order valence-electron chi connectivity index (χ0n) is 16.1. The molecule has 3 heterocycles. The predicted molar refractivity (Wildman–Crippen MR) is 114 cm³/mol. The molecule has 1 aliphatic heterocycles. The number of pyridine rings is 1. The number of rotatable bonds is 4. The summed E-state index contributed by atoms with van der Waals surface area (Å²) >= 11 is 1.46. The van der Waals surface area contributed by atoms with Crippen LogP contribution in [0.1, 0.15) is 66.4 Å². The molecule has 0 spiro atoms. The third kappa shape index (κ3) is 4.12. The maximum Gasteiger partial charge on any atom is 0.277 e. The molecule has 1 saturated heterocycles. The van der Waals surface area contributed by atoms with Gasteiger partial charge in [0.25, 0.3) is 5.91 Å². The molecule has 2 aliphatic rings. The zero-order chi connectivity index (χ0) is 19.5. The quantitative estimate of drug-likeness (QED) is 0.726. The highest BCUT2D eigenvalue weighted by atomic mass is 32.1. The summed E-state index contributed by atoms with van der Waals surface area (Å²) in [6.45, 7) is 1.70. The number of nitrogens with zero attached hydrogens (tertiary/aromatic N) is 3. The predicted octanol–water partition coefficient (Wildman–Crippen LogP) is 3.35. The number of thiazole rings is 1. The van der Waals surface area contributed by atoms with Crippen molar-refractivity contribution >= 4 is 33.6 Å². The van der Waals surface area contributed by atoms with E-state index in [1.807, 2.05) is 6.07 Å². The van der Waals surface area contributed by atoms with Gasteiger partial charge in [0.15, 0.2) is 5.69 Å². The lowest BCUT2D eigenvalue weighted by Gasteiger charge is -2.33. The van der Waals surface area contributed by atoms with E-state index in [1.165, 1.54) is 30.6 Å². The number of hydrogen-bond acceptors (Lipinski definition) is 7. The van der Waals surface area contributed by atoms with Gasteiger partial charge in [0.2, 0.25) is 0 Å². The third-order valence-corrected chi connectivity index (χ3v) is 6.73. The Balaban J connectivity index is 1.52. The van der Waals surface area contributed by atoms with Crippen molar-refractivity contribution in [3.8, 4) is 0 Å². The number of aromatic nitrogens is 2.